The minimum Gasteiger partial charge on any atom is -0.310 e. The van der Waals surface area contributed by atoms with Gasteiger partial charge < -0.3 is 5.32 Å². The molecule has 1 aliphatic rings. The zero-order valence-electron chi connectivity index (χ0n) is 13.6. The van der Waals surface area contributed by atoms with Gasteiger partial charge in [0.2, 0.25) is 0 Å². The zero-order chi connectivity index (χ0) is 15.5. The van der Waals surface area contributed by atoms with E-state index >= 15 is 0 Å². The molecule has 1 N–H and O–H groups in total. The molecule has 2 atom stereocenters. The lowest BCUT2D eigenvalue weighted by Gasteiger charge is -2.45. The monoisotopic (exact) mass is 306 g/mol. The summed E-state index contributed by atoms with van der Waals surface area (Å²) < 4.78 is 0. The average molecular weight is 307 g/mol. The van der Waals surface area contributed by atoms with Crippen molar-refractivity contribution in [3.63, 3.8) is 0 Å². The van der Waals surface area contributed by atoms with Gasteiger partial charge in [0.15, 0.2) is 0 Å². The van der Waals surface area contributed by atoms with Crippen molar-refractivity contribution in [2.24, 2.45) is 5.41 Å². The highest BCUT2D eigenvalue weighted by Crippen LogP contribution is 2.30. The van der Waals surface area contributed by atoms with Crippen molar-refractivity contribution < 1.29 is 0 Å². The Kier molecular flexibility index (Phi) is 5.48. The van der Waals surface area contributed by atoms with Gasteiger partial charge in [0, 0.05) is 37.3 Å². The second-order valence-electron chi connectivity index (χ2n) is 7.14. The maximum absolute atomic E-state index is 5.89. The summed E-state index contributed by atoms with van der Waals surface area (Å²) >= 11 is 5.89. The first kappa shape index (κ1) is 16.5. The summed E-state index contributed by atoms with van der Waals surface area (Å²) in [6.45, 7) is 12.0. The minimum absolute atomic E-state index is 0.262. The highest BCUT2D eigenvalue weighted by Gasteiger charge is 2.34. The van der Waals surface area contributed by atoms with E-state index in [-0.39, 0.29) is 5.41 Å². The van der Waals surface area contributed by atoms with Crippen molar-refractivity contribution in [1.29, 1.82) is 0 Å². The number of hydrogen-bond acceptors (Lipinski definition) is 2. The van der Waals surface area contributed by atoms with Gasteiger partial charge in [-0.15, -0.1) is 0 Å². The normalized spacial score (nSPS) is 25.1. The molecule has 3 heteroatoms. The maximum atomic E-state index is 5.89. The molecule has 2 nitrogen and oxygen atoms in total. The van der Waals surface area contributed by atoms with Crippen LogP contribution in [0.4, 0.5) is 0 Å². The molecule has 1 fully saturated rings. The Morgan fingerprint density at radius 2 is 2.00 bits per heavy atom. The fourth-order valence-corrected chi connectivity index (χ4v) is 2.99. The lowest BCUT2D eigenvalue weighted by Crippen LogP contribution is -2.57. The predicted octanol–water partition coefficient (Wildman–Crippen LogP) is 4.19. The largest absolute Gasteiger partial charge is 0.310 e. The molecule has 1 aromatic rings. The zero-order valence-corrected chi connectivity index (χ0v) is 14.3. The Morgan fingerprint density at radius 1 is 1.33 bits per heavy atom. The quantitative estimate of drug-likeness (QED) is 0.901. The van der Waals surface area contributed by atoms with E-state index in [9.17, 15) is 0 Å². The summed E-state index contributed by atoms with van der Waals surface area (Å²) in [5.41, 5.74) is 4.56. The van der Waals surface area contributed by atoms with Crippen molar-refractivity contribution in [2.75, 3.05) is 19.6 Å². The molecule has 0 radical (unpaired) electrons. The third-order valence-corrected chi connectivity index (χ3v) is 4.66. The highest BCUT2D eigenvalue weighted by atomic mass is 35.5. The molecular formula is C18H27ClN2. The van der Waals surface area contributed by atoms with E-state index in [4.69, 9.17) is 11.6 Å². The molecule has 1 aliphatic heterocycles. The number of piperazine rings is 1. The van der Waals surface area contributed by atoms with Crippen molar-refractivity contribution in [3.05, 3.63) is 47.0 Å². The van der Waals surface area contributed by atoms with Crippen LogP contribution in [0.25, 0.3) is 0 Å². The molecule has 0 bridgehead atoms. The van der Waals surface area contributed by atoms with E-state index in [2.05, 4.69) is 68.2 Å². The molecule has 1 aromatic carbocycles. The van der Waals surface area contributed by atoms with Gasteiger partial charge in [0.1, 0.15) is 0 Å². The number of rotatable bonds is 3. The molecule has 0 aromatic heterocycles. The van der Waals surface area contributed by atoms with Crippen LogP contribution in [0.5, 0.6) is 0 Å². The van der Waals surface area contributed by atoms with Crippen molar-refractivity contribution in [1.82, 2.24) is 10.2 Å². The Balaban J connectivity index is 2.20. The second kappa shape index (κ2) is 6.95. The fraction of sp³-hybridized carbons (Fsp3) is 0.556. The third-order valence-electron chi connectivity index (χ3n) is 4.28. The summed E-state index contributed by atoms with van der Waals surface area (Å²) in [5, 5.41) is 3.73. The van der Waals surface area contributed by atoms with Crippen molar-refractivity contribution >= 4 is 11.6 Å². The molecule has 0 spiro atoms. The number of nitrogens with one attached hydrogen (secondary N) is 1. The summed E-state index contributed by atoms with van der Waals surface area (Å²) in [6.07, 6.45) is 0. The van der Waals surface area contributed by atoms with Crippen LogP contribution in [0, 0.1) is 5.41 Å². The van der Waals surface area contributed by atoms with Crippen molar-refractivity contribution in [3.8, 4) is 0 Å². The summed E-state index contributed by atoms with van der Waals surface area (Å²) in [6, 6.07) is 11.7. The predicted molar refractivity (Wildman–Crippen MR) is 91.6 cm³/mol. The maximum Gasteiger partial charge on any atom is 0.0476 e. The number of benzene rings is 1. The molecule has 116 valence electrons. The SMILES string of the molecule is C/C(=C/Cl)CN1CC(C(C)(C)C)NCC1c1ccccc1. The Morgan fingerprint density at radius 3 is 2.57 bits per heavy atom. The van der Waals surface area contributed by atoms with Gasteiger partial charge in [-0.05, 0) is 23.5 Å². The van der Waals surface area contributed by atoms with E-state index in [0.717, 1.165) is 19.6 Å². The number of hydrogen-bond donors (Lipinski definition) is 1. The third kappa shape index (κ3) is 4.32. The van der Waals surface area contributed by atoms with Gasteiger partial charge in [-0.3, -0.25) is 4.90 Å². The lowest BCUT2D eigenvalue weighted by molar-refractivity contribution is 0.0936. The van der Waals surface area contributed by atoms with Crippen LogP contribution in [0.3, 0.4) is 0 Å². The molecular weight excluding hydrogens is 280 g/mol. The highest BCUT2D eigenvalue weighted by molar-refractivity contribution is 6.25. The minimum atomic E-state index is 0.262. The molecule has 0 saturated carbocycles. The van der Waals surface area contributed by atoms with Gasteiger partial charge in [-0.1, -0.05) is 62.7 Å². The first-order valence-corrected chi connectivity index (χ1v) is 8.13. The van der Waals surface area contributed by atoms with Crippen LogP contribution in [0.15, 0.2) is 41.4 Å². The van der Waals surface area contributed by atoms with Crippen LogP contribution in [0.2, 0.25) is 0 Å². The lowest BCUT2D eigenvalue weighted by atomic mass is 9.84. The van der Waals surface area contributed by atoms with Crippen LogP contribution < -0.4 is 5.32 Å². The van der Waals surface area contributed by atoms with Gasteiger partial charge in [0.25, 0.3) is 0 Å². The average Bonchev–Trinajstić information content (AvgIpc) is 2.47. The summed E-state index contributed by atoms with van der Waals surface area (Å²) in [5.74, 6) is 0. The first-order valence-electron chi connectivity index (χ1n) is 7.70. The van der Waals surface area contributed by atoms with E-state index in [1.54, 1.807) is 5.54 Å². The Hall–Kier alpha value is -0.830. The van der Waals surface area contributed by atoms with Crippen LogP contribution in [-0.2, 0) is 0 Å². The van der Waals surface area contributed by atoms with Gasteiger partial charge in [-0.2, -0.15) is 0 Å². The van der Waals surface area contributed by atoms with Crippen LogP contribution in [0.1, 0.15) is 39.3 Å². The van der Waals surface area contributed by atoms with E-state index in [1.807, 2.05) is 0 Å². The molecule has 0 aliphatic carbocycles. The molecule has 1 saturated heterocycles. The summed E-state index contributed by atoms with van der Waals surface area (Å²) in [4.78, 5) is 2.55. The molecule has 2 rings (SSSR count). The van der Waals surface area contributed by atoms with Crippen LogP contribution in [-0.4, -0.2) is 30.6 Å². The number of halogens is 1. The van der Waals surface area contributed by atoms with Gasteiger partial charge in [-0.25, -0.2) is 0 Å². The van der Waals surface area contributed by atoms with Gasteiger partial charge >= 0.3 is 0 Å². The molecule has 0 amide bonds. The van der Waals surface area contributed by atoms with Crippen LogP contribution >= 0.6 is 11.6 Å². The van der Waals surface area contributed by atoms with E-state index < -0.39 is 0 Å². The molecule has 21 heavy (non-hydrogen) atoms. The Bertz CT molecular complexity index is 476. The Labute approximate surface area is 134 Å². The fourth-order valence-electron chi connectivity index (χ4n) is 2.92. The second-order valence-corrected chi connectivity index (χ2v) is 7.36. The van der Waals surface area contributed by atoms with E-state index in [1.165, 1.54) is 11.1 Å². The molecule has 2 unspecified atom stereocenters. The first-order chi connectivity index (χ1) is 9.91. The smallest absolute Gasteiger partial charge is 0.0476 e. The van der Waals surface area contributed by atoms with Gasteiger partial charge in [0.05, 0.1) is 0 Å². The topological polar surface area (TPSA) is 15.3 Å². The standard InChI is InChI=1S/C18H27ClN2/c1-14(10-19)12-21-13-17(18(2,3)4)20-11-16(21)15-8-6-5-7-9-15/h5-10,16-17,20H,11-13H2,1-4H3/b14-10-. The summed E-state index contributed by atoms with van der Waals surface area (Å²) in [7, 11) is 0. The van der Waals surface area contributed by atoms with Crippen molar-refractivity contribution in [2.45, 2.75) is 39.8 Å². The number of nitrogens with zero attached hydrogens (tertiary/aromatic N) is 1. The molecule has 1 heterocycles. The van der Waals surface area contributed by atoms with E-state index in [0.29, 0.717) is 12.1 Å².